The van der Waals surface area contributed by atoms with E-state index in [0.717, 1.165) is 25.7 Å². The molecule has 0 aromatic heterocycles. The van der Waals surface area contributed by atoms with Gasteiger partial charge in [-0.25, -0.2) is 0 Å². The first kappa shape index (κ1) is 13.7. The van der Waals surface area contributed by atoms with Gasteiger partial charge in [0.05, 0.1) is 0 Å². The number of hydrogen-bond donors (Lipinski definition) is 2. The second-order valence-corrected chi connectivity index (χ2v) is 3.33. The zero-order valence-electron chi connectivity index (χ0n) is 9.34. The van der Waals surface area contributed by atoms with E-state index in [2.05, 4.69) is 17.2 Å². The van der Waals surface area contributed by atoms with Gasteiger partial charge in [0, 0.05) is 20.0 Å². The molecule has 0 heterocycles. The molecule has 2 amide bonds. The Kier molecular flexibility index (Phi) is 8.43. The molecule has 2 N–H and O–H groups in total. The summed E-state index contributed by atoms with van der Waals surface area (Å²) >= 11 is 0. The maximum absolute atomic E-state index is 10.8. The van der Waals surface area contributed by atoms with Crippen molar-refractivity contribution in [2.75, 3.05) is 13.6 Å². The molecule has 0 atom stereocenters. The summed E-state index contributed by atoms with van der Waals surface area (Å²) in [5.74, 6) is -0.0321. The third-order valence-corrected chi connectivity index (χ3v) is 2.09. The van der Waals surface area contributed by atoms with Crippen LogP contribution in [0.3, 0.4) is 0 Å². The molecule has 0 bridgehead atoms. The SMILES string of the molecule is C=CC(=O)NCCCCCCC(=O)NC. The van der Waals surface area contributed by atoms with E-state index in [1.54, 1.807) is 7.05 Å². The Morgan fingerprint density at radius 1 is 1.20 bits per heavy atom. The lowest BCUT2D eigenvalue weighted by Crippen LogP contribution is -2.21. The minimum atomic E-state index is -0.125. The summed E-state index contributed by atoms with van der Waals surface area (Å²) in [4.78, 5) is 21.6. The molecule has 4 nitrogen and oxygen atoms in total. The van der Waals surface area contributed by atoms with Gasteiger partial charge in [0.1, 0.15) is 0 Å². The van der Waals surface area contributed by atoms with Gasteiger partial charge in [0.25, 0.3) is 0 Å². The number of unbranched alkanes of at least 4 members (excludes halogenated alkanes) is 3. The second kappa shape index (κ2) is 9.24. The first-order valence-corrected chi connectivity index (χ1v) is 5.31. The van der Waals surface area contributed by atoms with E-state index in [0.29, 0.717) is 13.0 Å². The second-order valence-electron chi connectivity index (χ2n) is 3.33. The van der Waals surface area contributed by atoms with Crippen LogP contribution in [-0.4, -0.2) is 25.4 Å². The molecule has 0 aliphatic heterocycles. The molecule has 0 fully saturated rings. The van der Waals surface area contributed by atoms with Crippen molar-refractivity contribution in [3.8, 4) is 0 Å². The molecular formula is C11H20N2O2. The van der Waals surface area contributed by atoms with Crippen molar-refractivity contribution in [1.29, 1.82) is 0 Å². The Hall–Kier alpha value is -1.32. The quantitative estimate of drug-likeness (QED) is 0.465. The summed E-state index contributed by atoms with van der Waals surface area (Å²) in [6.07, 6.45) is 5.79. The Bertz CT molecular complexity index is 215. The van der Waals surface area contributed by atoms with Crippen molar-refractivity contribution < 1.29 is 9.59 Å². The molecule has 0 rings (SSSR count). The molecule has 4 heteroatoms. The lowest BCUT2D eigenvalue weighted by atomic mass is 10.1. The lowest BCUT2D eigenvalue weighted by molar-refractivity contribution is -0.120. The fourth-order valence-corrected chi connectivity index (χ4v) is 1.17. The maximum atomic E-state index is 10.8. The fraction of sp³-hybridized carbons (Fsp3) is 0.636. The van der Waals surface area contributed by atoms with Crippen molar-refractivity contribution >= 4 is 11.8 Å². The molecule has 0 aromatic rings. The average molecular weight is 212 g/mol. The summed E-state index contributed by atoms with van der Waals surface area (Å²) in [5, 5.41) is 5.29. The lowest BCUT2D eigenvalue weighted by Gasteiger charge is -2.02. The van der Waals surface area contributed by atoms with Gasteiger partial charge in [-0.15, -0.1) is 0 Å². The van der Waals surface area contributed by atoms with Gasteiger partial charge in [0.2, 0.25) is 11.8 Å². The molecule has 0 aliphatic rings. The van der Waals surface area contributed by atoms with E-state index in [1.165, 1.54) is 6.08 Å². The topological polar surface area (TPSA) is 58.2 Å². The monoisotopic (exact) mass is 212 g/mol. The van der Waals surface area contributed by atoms with Gasteiger partial charge in [-0.1, -0.05) is 19.4 Å². The Balaban J connectivity index is 3.15. The predicted molar refractivity (Wildman–Crippen MR) is 60.4 cm³/mol. The zero-order valence-corrected chi connectivity index (χ0v) is 9.34. The molecule has 0 spiro atoms. The van der Waals surface area contributed by atoms with Crippen molar-refractivity contribution in [2.24, 2.45) is 0 Å². The smallest absolute Gasteiger partial charge is 0.243 e. The largest absolute Gasteiger partial charge is 0.359 e. The van der Waals surface area contributed by atoms with E-state index in [1.807, 2.05) is 0 Å². The fourth-order valence-electron chi connectivity index (χ4n) is 1.17. The van der Waals surface area contributed by atoms with Gasteiger partial charge in [-0.3, -0.25) is 9.59 Å². The van der Waals surface area contributed by atoms with E-state index >= 15 is 0 Å². The standard InChI is InChI=1S/C11H20N2O2/c1-3-10(14)13-9-7-5-4-6-8-11(15)12-2/h3H,1,4-9H2,2H3,(H,12,15)(H,13,14). The molecule has 15 heavy (non-hydrogen) atoms. The Labute approximate surface area is 91.1 Å². The highest BCUT2D eigenvalue weighted by Gasteiger charge is 1.97. The van der Waals surface area contributed by atoms with Crippen LogP contribution in [-0.2, 0) is 9.59 Å². The maximum Gasteiger partial charge on any atom is 0.243 e. The van der Waals surface area contributed by atoms with E-state index in [9.17, 15) is 9.59 Å². The van der Waals surface area contributed by atoms with Crippen molar-refractivity contribution in [2.45, 2.75) is 32.1 Å². The highest BCUT2D eigenvalue weighted by atomic mass is 16.2. The van der Waals surface area contributed by atoms with Crippen molar-refractivity contribution in [1.82, 2.24) is 10.6 Å². The predicted octanol–water partition coefficient (Wildman–Crippen LogP) is 0.985. The number of carbonyl (C=O) groups excluding carboxylic acids is 2. The molecular weight excluding hydrogens is 192 g/mol. The zero-order chi connectivity index (χ0) is 11.5. The summed E-state index contributed by atoms with van der Waals surface area (Å²) in [6, 6.07) is 0. The third-order valence-electron chi connectivity index (χ3n) is 2.09. The van der Waals surface area contributed by atoms with Crippen LogP contribution in [0.1, 0.15) is 32.1 Å². The van der Waals surface area contributed by atoms with Gasteiger partial charge < -0.3 is 10.6 Å². The number of nitrogens with one attached hydrogen (secondary N) is 2. The average Bonchev–Trinajstić information content (AvgIpc) is 2.26. The van der Waals surface area contributed by atoms with Crippen molar-refractivity contribution in [3.63, 3.8) is 0 Å². The first-order chi connectivity index (χ1) is 7.20. The molecule has 0 saturated heterocycles. The molecule has 0 aromatic carbocycles. The van der Waals surface area contributed by atoms with Gasteiger partial charge >= 0.3 is 0 Å². The van der Waals surface area contributed by atoms with E-state index in [-0.39, 0.29) is 11.8 Å². The summed E-state index contributed by atoms with van der Waals surface area (Å²) in [5.41, 5.74) is 0. The van der Waals surface area contributed by atoms with Crippen LogP contribution in [0.25, 0.3) is 0 Å². The van der Waals surface area contributed by atoms with Crippen LogP contribution in [0.5, 0.6) is 0 Å². The summed E-state index contributed by atoms with van der Waals surface area (Å²) in [7, 11) is 1.65. The van der Waals surface area contributed by atoms with Crippen LogP contribution in [0.2, 0.25) is 0 Å². The van der Waals surface area contributed by atoms with Crippen LogP contribution in [0, 0.1) is 0 Å². The van der Waals surface area contributed by atoms with Crippen LogP contribution < -0.4 is 10.6 Å². The number of rotatable bonds is 8. The van der Waals surface area contributed by atoms with E-state index < -0.39 is 0 Å². The summed E-state index contributed by atoms with van der Waals surface area (Å²) in [6.45, 7) is 4.05. The molecule has 0 radical (unpaired) electrons. The third kappa shape index (κ3) is 9.00. The van der Waals surface area contributed by atoms with Gasteiger partial charge in [-0.05, 0) is 18.9 Å². The van der Waals surface area contributed by atoms with E-state index in [4.69, 9.17) is 0 Å². The molecule has 0 aliphatic carbocycles. The van der Waals surface area contributed by atoms with Crippen molar-refractivity contribution in [3.05, 3.63) is 12.7 Å². The molecule has 0 unspecified atom stereocenters. The Morgan fingerprint density at radius 2 is 1.87 bits per heavy atom. The highest BCUT2D eigenvalue weighted by Crippen LogP contribution is 2.01. The minimum Gasteiger partial charge on any atom is -0.359 e. The molecule has 86 valence electrons. The van der Waals surface area contributed by atoms with Crippen LogP contribution in [0.15, 0.2) is 12.7 Å². The molecule has 0 saturated carbocycles. The van der Waals surface area contributed by atoms with Crippen LogP contribution >= 0.6 is 0 Å². The van der Waals surface area contributed by atoms with Crippen LogP contribution in [0.4, 0.5) is 0 Å². The van der Waals surface area contributed by atoms with Gasteiger partial charge in [0.15, 0.2) is 0 Å². The summed E-state index contributed by atoms with van der Waals surface area (Å²) < 4.78 is 0. The number of hydrogen-bond acceptors (Lipinski definition) is 2. The number of amides is 2. The number of carbonyl (C=O) groups is 2. The first-order valence-electron chi connectivity index (χ1n) is 5.31. The minimum absolute atomic E-state index is 0.0926. The highest BCUT2D eigenvalue weighted by molar-refractivity contribution is 5.86. The Morgan fingerprint density at radius 3 is 2.47 bits per heavy atom. The van der Waals surface area contributed by atoms with Gasteiger partial charge in [-0.2, -0.15) is 0 Å². The normalized spacial score (nSPS) is 9.40.